The second-order valence-electron chi connectivity index (χ2n) is 7.65. The van der Waals surface area contributed by atoms with E-state index in [2.05, 4.69) is 22.0 Å². The van der Waals surface area contributed by atoms with Crippen LogP contribution in [0.5, 0.6) is 0 Å². The van der Waals surface area contributed by atoms with Crippen LogP contribution < -0.4 is 0 Å². The van der Waals surface area contributed by atoms with Crippen molar-refractivity contribution in [2.24, 2.45) is 0 Å². The fourth-order valence-corrected chi connectivity index (χ4v) is 4.94. The normalized spacial score (nSPS) is 20.3. The Morgan fingerprint density at radius 2 is 1.97 bits per heavy atom. The molecule has 2 aliphatic heterocycles. The van der Waals surface area contributed by atoms with Crippen LogP contribution in [0.1, 0.15) is 10.4 Å². The largest absolute Gasteiger partial charge is 0.327 e. The van der Waals surface area contributed by atoms with E-state index in [-0.39, 0.29) is 18.4 Å². The van der Waals surface area contributed by atoms with Crippen LogP contribution in [-0.2, 0) is 22.7 Å². The zero-order valence-corrected chi connectivity index (χ0v) is 16.8. The van der Waals surface area contributed by atoms with Crippen molar-refractivity contribution in [3.8, 4) is 0 Å². The van der Waals surface area contributed by atoms with E-state index in [1.165, 1.54) is 0 Å². The van der Waals surface area contributed by atoms with Gasteiger partial charge in [0.2, 0.25) is 11.8 Å². The summed E-state index contributed by atoms with van der Waals surface area (Å²) in [5.74, 6) is 0.109. The third kappa shape index (κ3) is 3.63. The molecular weight excluding hydrogens is 384 g/mol. The number of para-hydroxylation sites is 1. The summed E-state index contributed by atoms with van der Waals surface area (Å²) in [6.45, 7) is 3.37. The first-order valence-corrected chi connectivity index (χ1v) is 10.7. The van der Waals surface area contributed by atoms with Crippen molar-refractivity contribution < 1.29 is 9.59 Å². The van der Waals surface area contributed by atoms with Gasteiger partial charge in [0.05, 0.1) is 12.1 Å². The van der Waals surface area contributed by atoms with Crippen LogP contribution in [0.15, 0.2) is 54.0 Å². The molecule has 0 spiro atoms. The molecule has 2 fully saturated rings. The minimum absolute atomic E-state index is 0.0539. The van der Waals surface area contributed by atoms with E-state index in [0.29, 0.717) is 19.6 Å². The van der Waals surface area contributed by atoms with E-state index in [0.717, 1.165) is 34.4 Å². The molecule has 29 heavy (non-hydrogen) atoms. The van der Waals surface area contributed by atoms with Gasteiger partial charge in [-0.3, -0.25) is 19.5 Å². The molecule has 0 bridgehead atoms. The van der Waals surface area contributed by atoms with Crippen molar-refractivity contribution >= 4 is 34.1 Å². The van der Waals surface area contributed by atoms with Gasteiger partial charge in [0, 0.05) is 42.6 Å². The van der Waals surface area contributed by atoms with E-state index in [1.54, 1.807) is 21.1 Å². The summed E-state index contributed by atoms with van der Waals surface area (Å²) in [6, 6.07) is 13.8. The van der Waals surface area contributed by atoms with Crippen molar-refractivity contribution in [2.75, 3.05) is 26.2 Å². The number of amides is 2. The third-order valence-corrected chi connectivity index (χ3v) is 6.55. The maximum Gasteiger partial charge on any atom is 0.247 e. The predicted octanol–water partition coefficient (Wildman–Crippen LogP) is 2.35. The van der Waals surface area contributed by atoms with Crippen LogP contribution in [0.2, 0.25) is 0 Å². The number of benzene rings is 1. The fraction of sp³-hybridized carbons (Fsp3) is 0.318. The van der Waals surface area contributed by atoms with Crippen LogP contribution in [0.4, 0.5) is 0 Å². The van der Waals surface area contributed by atoms with Crippen LogP contribution in [0, 0.1) is 0 Å². The Morgan fingerprint density at radius 3 is 2.83 bits per heavy atom. The highest BCUT2D eigenvalue weighted by molar-refractivity contribution is 7.09. The summed E-state index contributed by atoms with van der Waals surface area (Å²) in [5, 5.41) is 3.12. The molecule has 2 aliphatic rings. The van der Waals surface area contributed by atoms with Gasteiger partial charge in [-0.25, -0.2) is 0 Å². The van der Waals surface area contributed by atoms with Crippen molar-refractivity contribution in [2.45, 2.75) is 19.1 Å². The Bertz CT molecular complexity index is 1050. The molecule has 1 atom stereocenters. The molecule has 1 unspecified atom stereocenters. The Labute approximate surface area is 173 Å². The Hall–Kier alpha value is -2.77. The smallest absolute Gasteiger partial charge is 0.247 e. The molecule has 0 N–H and O–H groups in total. The number of carbonyl (C=O) groups is 2. The number of piperazine rings is 2. The summed E-state index contributed by atoms with van der Waals surface area (Å²) in [4.78, 5) is 37.1. The first-order chi connectivity index (χ1) is 14.2. The molecule has 2 saturated heterocycles. The minimum atomic E-state index is -0.390. The number of hydrogen-bond donors (Lipinski definition) is 0. The number of rotatable bonds is 4. The van der Waals surface area contributed by atoms with Gasteiger partial charge in [0.1, 0.15) is 12.6 Å². The van der Waals surface area contributed by atoms with Gasteiger partial charge in [-0.05, 0) is 29.1 Å². The Balaban J connectivity index is 1.30. The molecule has 3 aromatic rings. The lowest BCUT2D eigenvalue weighted by Crippen LogP contribution is -2.66. The molecule has 7 heteroatoms. The van der Waals surface area contributed by atoms with Crippen molar-refractivity contribution in [1.29, 1.82) is 0 Å². The second-order valence-corrected chi connectivity index (χ2v) is 8.68. The fourth-order valence-electron chi connectivity index (χ4n) is 4.22. The van der Waals surface area contributed by atoms with Crippen molar-refractivity contribution in [1.82, 2.24) is 19.7 Å². The lowest BCUT2D eigenvalue weighted by Gasteiger charge is -2.46. The molecule has 0 saturated carbocycles. The number of thiophene rings is 1. The van der Waals surface area contributed by atoms with E-state index < -0.39 is 6.04 Å². The van der Waals surface area contributed by atoms with Gasteiger partial charge < -0.3 is 9.80 Å². The van der Waals surface area contributed by atoms with E-state index >= 15 is 0 Å². The van der Waals surface area contributed by atoms with Crippen LogP contribution in [-0.4, -0.2) is 63.7 Å². The van der Waals surface area contributed by atoms with Gasteiger partial charge in [0.15, 0.2) is 0 Å². The number of nitrogens with zero attached hydrogens (tertiary/aromatic N) is 4. The van der Waals surface area contributed by atoms with Crippen LogP contribution >= 0.6 is 11.3 Å². The molecule has 2 amide bonds. The summed E-state index contributed by atoms with van der Waals surface area (Å²) in [5.41, 5.74) is 2.11. The number of fused-ring (bicyclic) bond motifs is 2. The quantitative estimate of drug-likeness (QED) is 0.668. The van der Waals surface area contributed by atoms with E-state index in [4.69, 9.17) is 0 Å². The summed E-state index contributed by atoms with van der Waals surface area (Å²) >= 11 is 1.62. The highest BCUT2D eigenvalue weighted by Crippen LogP contribution is 2.23. The molecule has 1 aromatic carbocycles. The third-order valence-electron chi connectivity index (χ3n) is 5.69. The Morgan fingerprint density at radius 1 is 1.07 bits per heavy atom. The zero-order chi connectivity index (χ0) is 19.8. The maximum absolute atomic E-state index is 13.1. The zero-order valence-electron chi connectivity index (χ0n) is 16.0. The predicted molar refractivity (Wildman–Crippen MR) is 112 cm³/mol. The minimum Gasteiger partial charge on any atom is -0.327 e. The SMILES string of the molecule is O=C1C2CN(Cc3cnc4ccccc4c3)CCN2C(=O)CN1Cc1cccs1. The molecule has 148 valence electrons. The van der Waals surface area contributed by atoms with Gasteiger partial charge >= 0.3 is 0 Å². The van der Waals surface area contributed by atoms with Gasteiger partial charge in [0.25, 0.3) is 0 Å². The topological polar surface area (TPSA) is 56.8 Å². The van der Waals surface area contributed by atoms with Gasteiger partial charge in [-0.1, -0.05) is 24.3 Å². The molecular formula is C22H22N4O2S. The van der Waals surface area contributed by atoms with Gasteiger partial charge in [-0.15, -0.1) is 11.3 Å². The van der Waals surface area contributed by atoms with Crippen molar-refractivity contribution in [3.63, 3.8) is 0 Å². The highest BCUT2D eigenvalue weighted by atomic mass is 32.1. The lowest BCUT2D eigenvalue weighted by atomic mass is 10.1. The lowest BCUT2D eigenvalue weighted by molar-refractivity contribution is -0.160. The van der Waals surface area contributed by atoms with Crippen LogP contribution in [0.25, 0.3) is 10.9 Å². The first-order valence-electron chi connectivity index (χ1n) is 9.84. The average molecular weight is 407 g/mol. The highest BCUT2D eigenvalue weighted by Gasteiger charge is 2.42. The summed E-state index contributed by atoms with van der Waals surface area (Å²) < 4.78 is 0. The number of pyridine rings is 1. The summed E-state index contributed by atoms with van der Waals surface area (Å²) in [6.07, 6.45) is 1.91. The number of aromatic nitrogens is 1. The average Bonchev–Trinajstić information content (AvgIpc) is 3.25. The van der Waals surface area contributed by atoms with E-state index in [1.807, 2.05) is 41.9 Å². The van der Waals surface area contributed by atoms with Crippen LogP contribution in [0.3, 0.4) is 0 Å². The first kappa shape index (κ1) is 18.3. The standard InChI is InChI=1S/C22H22N4O2S/c27-21-15-25(13-18-5-3-9-29-18)22(28)20-14-24(7-8-26(20)21)12-16-10-17-4-1-2-6-19(17)23-11-16/h1-6,9-11,20H,7-8,12-15H2. The van der Waals surface area contributed by atoms with Gasteiger partial charge in [-0.2, -0.15) is 0 Å². The number of carbonyl (C=O) groups excluding carboxylic acids is 2. The maximum atomic E-state index is 13.1. The molecule has 0 aliphatic carbocycles. The molecule has 5 rings (SSSR count). The summed E-state index contributed by atoms with van der Waals surface area (Å²) in [7, 11) is 0. The molecule has 2 aromatic heterocycles. The molecule has 0 radical (unpaired) electrons. The molecule has 6 nitrogen and oxygen atoms in total. The monoisotopic (exact) mass is 406 g/mol. The number of hydrogen-bond acceptors (Lipinski definition) is 5. The Kier molecular flexibility index (Phi) is 4.77. The van der Waals surface area contributed by atoms with E-state index in [9.17, 15) is 9.59 Å². The van der Waals surface area contributed by atoms with Crippen molar-refractivity contribution in [3.05, 3.63) is 64.5 Å². The second kappa shape index (κ2) is 7.57. The molecule has 4 heterocycles.